The Labute approximate surface area is 178 Å². The zero-order chi connectivity index (χ0) is 20.5. The van der Waals surface area contributed by atoms with Gasteiger partial charge in [-0.15, -0.1) is 0 Å². The molecule has 0 saturated heterocycles. The molecular formula is C29H27N. The van der Waals surface area contributed by atoms with E-state index in [-0.39, 0.29) is 0 Å². The van der Waals surface area contributed by atoms with Crippen molar-refractivity contribution in [3.8, 4) is 0 Å². The van der Waals surface area contributed by atoms with Gasteiger partial charge in [-0.25, -0.2) is 0 Å². The Kier molecular flexibility index (Phi) is 4.98. The van der Waals surface area contributed by atoms with E-state index in [1.54, 1.807) is 5.56 Å². The fraction of sp³-hybridized carbons (Fsp3) is 0.172. The van der Waals surface area contributed by atoms with Crippen molar-refractivity contribution in [2.75, 3.05) is 7.05 Å². The van der Waals surface area contributed by atoms with Crippen LogP contribution in [-0.2, 0) is 6.42 Å². The van der Waals surface area contributed by atoms with Crippen molar-refractivity contribution >= 4 is 32.3 Å². The Balaban J connectivity index is 0.000000937. The number of hydrogen-bond donors (Lipinski definition) is 1. The van der Waals surface area contributed by atoms with Crippen LogP contribution in [0.2, 0.25) is 0 Å². The molecule has 148 valence electrons. The van der Waals surface area contributed by atoms with Gasteiger partial charge >= 0.3 is 0 Å². The zero-order valence-corrected chi connectivity index (χ0v) is 17.4. The quantitative estimate of drug-likeness (QED) is 0.302. The summed E-state index contributed by atoms with van der Waals surface area (Å²) in [5.41, 5.74) is 9.08. The number of hydrogen-bond acceptors (Lipinski definition) is 1. The minimum atomic E-state index is 0.491. The fourth-order valence-electron chi connectivity index (χ4n) is 5.29. The molecule has 0 bridgehead atoms. The van der Waals surface area contributed by atoms with Crippen LogP contribution in [0.5, 0.6) is 0 Å². The Morgan fingerprint density at radius 2 is 1.23 bits per heavy atom. The SMILES string of the molecule is CN.c1ccc2c(C3CCCc4c3ccc3c4ccc4ccccc43)cccc2c1. The van der Waals surface area contributed by atoms with Crippen LogP contribution in [0, 0.1) is 0 Å². The van der Waals surface area contributed by atoms with E-state index in [4.69, 9.17) is 0 Å². The van der Waals surface area contributed by atoms with Gasteiger partial charge in [-0.2, -0.15) is 0 Å². The Bertz CT molecular complexity index is 1340. The van der Waals surface area contributed by atoms with Crippen molar-refractivity contribution in [3.05, 3.63) is 108 Å². The molecule has 30 heavy (non-hydrogen) atoms. The molecule has 1 aliphatic rings. The van der Waals surface area contributed by atoms with E-state index in [0.717, 1.165) is 0 Å². The highest BCUT2D eigenvalue weighted by Crippen LogP contribution is 2.42. The van der Waals surface area contributed by atoms with Crippen LogP contribution in [0.15, 0.2) is 91.0 Å². The first kappa shape index (κ1) is 18.8. The van der Waals surface area contributed by atoms with Gasteiger partial charge in [0.2, 0.25) is 0 Å². The van der Waals surface area contributed by atoms with Crippen molar-refractivity contribution in [2.45, 2.75) is 25.2 Å². The summed E-state index contributed by atoms with van der Waals surface area (Å²) >= 11 is 0. The van der Waals surface area contributed by atoms with Crippen molar-refractivity contribution in [3.63, 3.8) is 0 Å². The van der Waals surface area contributed by atoms with E-state index in [2.05, 4.69) is 96.7 Å². The Morgan fingerprint density at radius 3 is 2.07 bits per heavy atom. The molecule has 1 heteroatoms. The molecule has 1 aliphatic carbocycles. The molecule has 5 aromatic carbocycles. The molecule has 0 radical (unpaired) electrons. The van der Waals surface area contributed by atoms with Crippen LogP contribution in [0.4, 0.5) is 0 Å². The second kappa shape index (κ2) is 7.93. The molecular weight excluding hydrogens is 362 g/mol. The molecule has 0 fully saturated rings. The van der Waals surface area contributed by atoms with E-state index in [1.807, 2.05) is 0 Å². The number of nitrogens with two attached hydrogens (primary N) is 1. The summed E-state index contributed by atoms with van der Waals surface area (Å²) in [6, 6.07) is 33.8. The summed E-state index contributed by atoms with van der Waals surface area (Å²) in [5, 5.41) is 8.29. The normalized spacial score (nSPS) is 15.6. The molecule has 6 rings (SSSR count). The summed E-state index contributed by atoms with van der Waals surface area (Å²) in [5.74, 6) is 0.491. The van der Waals surface area contributed by atoms with E-state index in [9.17, 15) is 0 Å². The highest BCUT2D eigenvalue weighted by atomic mass is 14.4. The predicted molar refractivity (Wildman–Crippen MR) is 130 cm³/mol. The number of benzene rings is 5. The average molecular weight is 390 g/mol. The van der Waals surface area contributed by atoms with E-state index in [1.165, 1.54) is 69.8 Å². The maximum atomic E-state index is 4.50. The van der Waals surface area contributed by atoms with Gasteiger partial charge in [-0.1, -0.05) is 91.0 Å². The van der Waals surface area contributed by atoms with Crippen molar-refractivity contribution in [2.24, 2.45) is 5.73 Å². The summed E-state index contributed by atoms with van der Waals surface area (Å²) in [4.78, 5) is 0. The monoisotopic (exact) mass is 389 g/mol. The number of aryl methyl sites for hydroxylation is 1. The van der Waals surface area contributed by atoms with Crippen LogP contribution in [0.1, 0.15) is 35.4 Å². The maximum Gasteiger partial charge on any atom is 0.00985 e. The second-order valence-corrected chi connectivity index (χ2v) is 8.03. The topological polar surface area (TPSA) is 26.0 Å². The summed E-state index contributed by atoms with van der Waals surface area (Å²) < 4.78 is 0. The summed E-state index contributed by atoms with van der Waals surface area (Å²) in [7, 11) is 1.50. The molecule has 5 aromatic rings. The molecule has 0 aliphatic heterocycles. The standard InChI is InChI=1S/C28H22.CH5N/c1-3-10-21-19(7-1)9-5-12-23(21)24-13-6-14-25-27-16-15-20-8-2-4-11-22(20)26(27)17-18-28(24)25;1-2/h1-5,7-12,15-18,24H,6,13-14H2;2H2,1H3. The molecule has 1 atom stereocenters. The smallest absolute Gasteiger partial charge is 0.00985 e. The second-order valence-electron chi connectivity index (χ2n) is 8.03. The Hall–Kier alpha value is -3.16. The van der Waals surface area contributed by atoms with Gasteiger partial charge in [0.1, 0.15) is 0 Å². The highest BCUT2D eigenvalue weighted by Gasteiger charge is 2.24. The lowest BCUT2D eigenvalue weighted by atomic mass is 9.76. The first-order valence-corrected chi connectivity index (χ1v) is 10.9. The first-order valence-electron chi connectivity index (χ1n) is 10.9. The van der Waals surface area contributed by atoms with Crippen LogP contribution in [-0.4, -0.2) is 7.05 Å². The minimum absolute atomic E-state index is 0.491. The number of fused-ring (bicyclic) bond motifs is 6. The minimum Gasteiger partial charge on any atom is -0.333 e. The fourth-order valence-corrected chi connectivity index (χ4v) is 5.29. The van der Waals surface area contributed by atoms with Gasteiger partial charge in [0.25, 0.3) is 0 Å². The third-order valence-corrected chi connectivity index (χ3v) is 6.57. The van der Waals surface area contributed by atoms with Gasteiger partial charge < -0.3 is 5.73 Å². The van der Waals surface area contributed by atoms with Gasteiger partial charge in [0.15, 0.2) is 0 Å². The molecule has 2 N–H and O–H groups in total. The molecule has 0 saturated carbocycles. The van der Waals surface area contributed by atoms with Crippen LogP contribution >= 0.6 is 0 Å². The van der Waals surface area contributed by atoms with E-state index in [0.29, 0.717) is 5.92 Å². The van der Waals surface area contributed by atoms with Gasteiger partial charge in [0.05, 0.1) is 0 Å². The lowest BCUT2D eigenvalue weighted by Crippen LogP contribution is -2.12. The summed E-state index contributed by atoms with van der Waals surface area (Å²) in [6.07, 6.45) is 3.68. The third kappa shape index (κ3) is 2.98. The molecule has 1 unspecified atom stereocenters. The lowest BCUT2D eigenvalue weighted by Gasteiger charge is -2.28. The first-order chi connectivity index (χ1) is 14.9. The molecule has 1 nitrogen and oxygen atoms in total. The Morgan fingerprint density at radius 1 is 0.567 bits per heavy atom. The molecule has 0 heterocycles. The van der Waals surface area contributed by atoms with E-state index < -0.39 is 0 Å². The van der Waals surface area contributed by atoms with Gasteiger partial charge in [-0.3, -0.25) is 0 Å². The molecule has 0 spiro atoms. The molecule has 0 amide bonds. The number of rotatable bonds is 1. The highest BCUT2D eigenvalue weighted by molar-refractivity contribution is 6.08. The van der Waals surface area contributed by atoms with Gasteiger partial charge in [0, 0.05) is 5.92 Å². The van der Waals surface area contributed by atoms with Crippen molar-refractivity contribution < 1.29 is 0 Å². The predicted octanol–water partition coefficient (Wildman–Crippen LogP) is 7.19. The van der Waals surface area contributed by atoms with E-state index >= 15 is 0 Å². The van der Waals surface area contributed by atoms with Crippen LogP contribution in [0.25, 0.3) is 32.3 Å². The van der Waals surface area contributed by atoms with Gasteiger partial charge in [-0.05, 0) is 75.3 Å². The van der Waals surface area contributed by atoms with Crippen LogP contribution < -0.4 is 5.73 Å². The van der Waals surface area contributed by atoms with Crippen molar-refractivity contribution in [1.29, 1.82) is 0 Å². The average Bonchev–Trinajstić information content (AvgIpc) is 2.84. The third-order valence-electron chi connectivity index (χ3n) is 6.57. The lowest BCUT2D eigenvalue weighted by molar-refractivity contribution is 0.622. The van der Waals surface area contributed by atoms with Crippen LogP contribution in [0.3, 0.4) is 0 Å². The maximum absolute atomic E-state index is 4.50. The zero-order valence-electron chi connectivity index (χ0n) is 17.4. The largest absolute Gasteiger partial charge is 0.333 e. The van der Waals surface area contributed by atoms with Crippen molar-refractivity contribution in [1.82, 2.24) is 0 Å². The summed E-state index contributed by atoms with van der Waals surface area (Å²) in [6.45, 7) is 0. The molecule has 0 aromatic heterocycles.